The van der Waals surface area contributed by atoms with Crippen molar-refractivity contribution in [1.82, 2.24) is 5.32 Å². The Morgan fingerprint density at radius 2 is 1.80 bits per heavy atom. The first-order chi connectivity index (χ1) is 9.61. The highest BCUT2D eigenvalue weighted by Gasteiger charge is 2.39. The van der Waals surface area contributed by atoms with Gasteiger partial charge in [-0.2, -0.15) is 0 Å². The maximum absolute atomic E-state index is 13.3. The molecule has 0 bridgehead atoms. The van der Waals surface area contributed by atoms with Crippen molar-refractivity contribution in [3.05, 3.63) is 68.4 Å². The quantitative estimate of drug-likeness (QED) is 0.806. The molecule has 3 rings (SSSR count). The fourth-order valence-corrected chi connectivity index (χ4v) is 3.90. The van der Waals surface area contributed by atoms with E-state index in [9.17, 15) is 4.39 Å². The van der Waals surface area contributed by atoms with Crippen molar-refractivity contribution in [3.63, 3.8) is 0 Å². The lowest BCUT2D eigenvalue weighted by Gasteiger charge is -2.44. The van der Waals surface area contributed by atoms with E-state index in [0.717, 1.165) is 29.5 Å². The van der Waals surface area contributed by atoms with Crippen LogP contribution in [0.1, 0.15) is 11.1 Å². The molecule has 0 radical (unpaired) electrons. The number of halogens is 3. The predicted molar refractivity (Wildman–Crippen MR) is 86.5 cm³/mol. The second kappa shape index (κ2) is 5.58. The maximum Gasteiger partial charge on any atom is 0.137 e. The fraction of sp³-hybridized carbons (Fsp3) is 0.250. The molecule has 20 heavy (non-hydrogen) atoms. The van der Waals surface area contributed by atoms with Crippen LogP contribution in [-0.2, 0) is 11.8 Å². The summed E-state index contributed by atoms with van der Waals surface area (Å²) in [6, 6.07) is 13.6. The van der Waals surface area contributed by atoms with Crippen molar-refractivity contribution >= 4 is 31.9 Å². The van der Waals surface area contributed by atoms with Crippen molar-refractivity contribution < 1.29 is 4.39 Å². The standard InChI is InChI=1S/C16H14Br2FN/c17-13-4-2-1-3-12(13)16(9-20-10-16)8-11-5-6-15(19)14(18)7-11/h1-7,20H,8-10H2. The molecule has 1 saturated heterocycles. The first kappa shape index (κ1) is 14.2. The van der Waals surface area contributed by atoms with Gasteiger partial charge in [0.2, 0.25) is 0 Å². The lowest BCUT2D eigenvalue weighted by Crippen LogP contribution is -2.58. The molecular weight excluding hydrogens is 385 g/mol. The zero-order valence-corrected chi connectivity index (χ0v) is 14.0. The van der Waals surface area contributed by atoms with Crippen LogP contribution in [0.4, 0.5) is 4.39 Å². The van der Waals surface area contributed by atoms with Crippen LogP contribution in [0.25, 0.3) is 0 Å². The average molecular weight is 399 g/mol. The van der Waals surface area contributed by atoms with E-state index in [1.165, 1.54) is 11.6 Å². The normalized spacial score (nSPS) is 16.8. The van der Waals surface area contributed by atoms with Crippen LogP contribution in [0.3, 0.4) is 0 Å². The van der Waals surface area contributed by atoms with Crippen LogP contribution in [0, 0.1) is 5.82 Å². The summed E-state index contributed by atoms with van der Waals surface area (Å²) < 4.78 is 15.0. The van der Waals surface area contributed by atoms with Crippen LogP contribution < -0.4 is 5.32 Å². The lowest BCUT2D eigenvalue weighted by molar-refractivity contribution is 0.273. The second-order valence-corrected chi connectivity index (χ2v) is 7.00. The van der Waals surface area contributed by atoms with Gasteiger partial charge in [0.15, 0.2) is 0 Å². The summed E-state index contributed by atoms with van der Waals surface area (Å²) in [5.74, 6) is -0.213. The van der Waals surface area contributed by atoms with E-state index in [2.05, 4.69) is 55.4 Å². The smallest absolute Gasteiger partial charge is 0.137 e. The Kier molecular flexibility index (Phi) is 3.98. The maximum atomic E-state index is 13.3. The molecule has 2 aromatic carbocycles. The van der Waals surface area contributed by atoms with Crippen LogP contribution in [0.2, 0.25) is 0 Å². The summed E-state index contributed by atoms with van der Waals surface area (Å²) >= 11 is 6.91. The number of benzene rings is 2. The van der Waals surface area contributed by atoms with Crippen molar-refractivity contribution in [3.8, 4) is 0 Å². The zero-order valence-electron chi connectivity index (χ0n) is 10.8. The van der Waals surface area contributed by atoms with Crippen molar-refractivity contribution in [2.45, 2.75) is 11.8 Å². The van der Waals surface area contributed by atoms with E-state index in [4.69, 9.17) is 0 Å². The molecule has 0 aliphatic carbocycles. The van der Waals surface area contributed by atoms with Crippen LogP contribution in [-0.4, -0.2) is 13.1 Å². The van der Waals surface area contributed by atoms with E-state index < -0.39 is 0 Å². The number of rotatable bonds is 3. The summed E-state index contributed by atoms with van der Waals surface area (Å²) in [6.45, 7) is 1.90. The van der Waals surface area contributed by atoms with Gasteiger partial charge in [0, 0.05) is 23.0 Å². The monoisotopic (exact) mass is 397 g/mol. The Hall–Kier alpha value is -0.710. The van der Waals surface area contributed by atoms with Crippen molar-refractivity contribution in [1.29, 1.82) is 0 Å². The molecule has 1 aliphatic rings. The van der Waals surface area contributed by atoms with Gasteiger partial charge in [-0.3, -0.25) is 0 Å². The van der Waals surface area contributed by atoms with Gasteiger partial charge in [0.25, 0.3) is 0 Å². The third-order valence-corrected chi connectivity index (χ3v) is 5.20. The molecule has 0 amide bonds. The first-order valence-corrected chi connectivity index (χ1v) is 8.09. The summed E-state index contributed by atoms with van der Waals surface area (Å²) in [4.78, 5) is 0. The molecule has 0 atom stereocenters. The molecule has 104 valence electrons. The first-order valence-electron chi connectivity index (χ1n) is 6.50. The molecule has 1 heterocycles. The third kappa shape index (κ3) is 2.57. The molecule has 0 spiro atoms. The lowest BCUT2D eigenvalue weighted by atomic mass is 9.71. The van der Waals surface area contributed by atoms with Crippen LogP contribution in [0.15, 0.2) is 51.4 Å². The highest BCUT2D eigenvalue weighted by atomic mass is 79.9. The van der Waals surface area contributed by atoms with E-state index in [-0.39, 0.29) is 11.2 Å². The van der Waals surface area contributed by atoms with Gasteiger partial charge in [-0.1, -0.05) is 40.2 Å². The second-order valence-electron chi connectivity index (χ2n) is 5.29. The highest BCUT2D eigenvalue weighted by Crippen LogP contribution is 2.37. The fourth-order valence-electron chi connectivity index (χ4n) is 2.77. The van der Waals surface area contributed by atoms with Gasteiger partial charge < -0.3 is 5.32 Å². The van der Waals surface area contributed by atoms with Gasteiger partial charge in [0.1, 0.15) is 5.82 Å². The van der Waals surface area contributed by atoms with Gasteiger partial charge in [-0.15, -0.1) is 0 Å². The molecule has 1 aliphatic heterocycles. The Morgan fingerprint density at radius 3 is 2.40 bits per heavy atom. The molecule has 1 N–H and O–H groups in total. The Morgan fingerprint density at radius 1 is 1.05 bits per heavy atom. The number of hydrogen-bond acceptors (Lipinski definition) is 1. The molecule has 1 fully saturated rings. The minimum atomic E-state index is -0.213. The summed E-state index contributed by atoms with van der Waals surface area (Å²) in [7, 11) is 0. The van der Waals surface area contributed by atoms with E-state index in [0.29, 0.717) is 4.47 Å². The Balaban J connectivity index is 1.94. The number of nitrogens with one attached hydrogen (secondary N) is 1. The van der Waals surface area contributed by atoms with Gasteiger partial charge in [-0.05, 0) is 51.7 Å². The van der Waals surface area contributed by atoms with Crippen LogP contribution in [0.5, 0.6) is 0 Å². The minimum Gasteiger partial charge on any atom is -0.315 e. The molecule has 2 aromatic rings. The van der Waals surface area contributed by atoms with Gasteiger partial charge >= 0.3 is 0 Å². The van der Waals surface area contributed by atoms with E-state index in [1.807, 2.05) is 18.2 Å². The largest absolute Gasteiger partial charge is 0.315 e. The molecule has 4 heteroatoms. The molecular formula is C16H14Br2FN. The van der Waals surface area contributed by atoms with Crippen LogP contribution >= 0.6 is 31.9 Å². The third-order valence-electron chi connectivity index (χ3n) is 3.90. The molecule has 0 unspecified atom stereocenters. The predicted octanol–water partition coefficient (Wildman–Crippen LogP) is 4.43. The van der Waals surface area contributed by atoms with E-state index in [1.54, 1.807) is 0 Å². The number of hydrogen-bond donors (Lipinski definition) is 1. The summed E-state index contributed by atoms with van der Waals surface area (Å²) in [5.41, 5.74) is 2.56. The Labute approximate surface area is 134 Å². The molecule has 1 nitrogen and oxygen atoms in total. The van der Waals surface area contributed by atoms with Gasteiger partial charge in [0.05, 0.1) is 4.47 Å². The van der Waals surface area contributed by atoms with E-state index >= 15 is 0 Å². The Bertz CT molecular complexity index is 638. The summed E-state index contributed by atoms with van der Waals surface area (Å²) in [6.07, 6.45) is 0.904. The zero-order chi connectivity index (χ0) is 14.2. The van der Waals surface area contributed by atoms with Gasteiger partial charge in [-0.25, -0.2) is 4.39 Å². The average Bonchev–Trinajstić information content (AvgIpc) is 2.39. The SMILES string of the molecule is Fc1ccc(CC2(c3ccccc3Br)CNC2)cc1Br. The highest BCUT2D eigenvalue weighted by molar-refractivity contribution is 9.10. The molecule has 0 saturated carbocycles. The van der Waals surface area contributed by atoms with Crippen molar-refractivity contribution in [2.24, 2.45) is 0 Å². The summed E-state index contributed by atoms with van der Waals surface area (Å²) in [5, 5.41) is 3.37. The topological polar surface area (TPSA) is 12.0 Å². The molecule has 0 aromatic heterocycles. The minimum absolute atomic E-state index is 0.0946. The van der Waals surface area contributed by atoms with Crippen molar-refractivity contribution in [2.75, 3.05) is 13.1 Å².